The minimum Gasteiger partial charge on any atom is -0.406 e. The van der Waals surface area contributed by atoms with Crippen molar-refractivity contribution in [2.24, 2.45) is 0 Å². The van der Waals surface area contributed by atoms with E-state index >= 15 is 0 Å². The third kappa shape index (κ3) is 6.31. The van der Waals surface area contributed by atoms with Crippen molar-refractivity contribution in [1.29, 1.82) is 0 Å². The maximum atomic E-state index is 12.2. The first kappa shape index (κ1) is 21.3. The number of carbonyl (C=O) groups is 2. The predicted octanol–water partition coefficient (Wildman–Crippen LogP) is 4.85. The van der Waals surface area contributed by atoms with Crippen LogP contribution in [0.3, 0.4) is 0 Å². The molecule has 0 saturated carbocycles. The molecule has 0 fully saturated rings. The van der Waals surface area contributed by atoms with Crippen LogP contribution in [0.2, 0.25) is 0 Å². The van der Waals surface area contributed by atoms with Crippen LogP contribution in [0.1, 0.15) is 12.6 Å². The second-order valence-electron chi connectivity index (χ2n) is 6.20. The number of amides is 2. The molecule has 0 unspecified atom stereocenters. The van der Waals surface area contributed by atoms with Crippen molar-refractivity contribution >= 4 is 34.5 Å². The highest BCUT2D eigenvalue weighted by molar-refractivity contribution is 7.13. The predicted molar refractivity (Wildman–Crippen MR) is 107 cm³/mol. The molecule has 1 heterocycles. The van der Waals surface area contributed by atoms with E-state index in [9.17, 15) is 22.8 Å². The van der Waals surface area contributed by atoms with Gasteiger partial charge in [-0.1, -0.05) is 0 Å². The fourth-order valence-corrected chi connectivity index (χ4v) is 3.36. The van der Waals surface area contributed by atoms with Gasteiger partial charge in [0.05, 0.1) is 12.1 Å². The van der Waals surface area contributed by atoms with Gasteiger partial charge in [0, 0.05) is 29.2 Å². The number of halogens is 3. The number of nitrogens with zero attached hydrogens (tertiary/aromatic N) is 1. The smallest absolute Gasteiger partial charge is 0.406 e. The highest BCUT2D eigenvalue weighted by Crippen LogP contribution is 2.28. The number of aromatic nitrogens is 1. The van der Waals surface area contributed by atoms with Gasteiger partial charge in [0.15, 0.2) is 0 Å². The zero-order valence-corrected chi connectivity index (χ0v) is 16.4. The first-order valence-corrected chi connectivity index (χ1v) is 9.54. The molecule has 3 aromatic rings. The molecule has 0 spiro atoms. The van der Waals surface area contributed by atoms with Gasteiger partial charge in [-0.2, -0.15) is 0 Å². The zero-order chi connectivity index (χ0) is 21.7. The summed E-state index contributed by atoms with van der Waals surface area (Å²) in [4.78, 5) is 27.6. The van der Waals surface area contributed by atoms with Gasteiger partial charge in [0.2, 0.25) is 11.8 Å². The first-order valence-electron chi connectivity index (χ1n) is 8.66. The van der Waals surface area contributed by atoms with Crippen LogP contribution < -0.4 is 15.4 Å². The van der Waals surface area contributed by atoms with Crippen LogP contribution in [0.15, 0.2) is 53.9 Å². The van der Waals surface area contributed by atoms with Gasteiger partial charge in [0.25, 0.3) is 0 Å². The summed E-state index contributed by atoms with van der Waals surface area (Å²) in [6.07, 6.45) is -4.70. The average molecular weight is 435 g/mol. The number of hydrogen-bond acceptors (Lipinski definition) is 5. The number of rotatable bonds is 6. The molecule has 0 radical (unpaired) electrons. The van der Waals surface area contributed by atoms with E-state index < -0.39 is 6.36 Å². The summed E-state index contributed by atoms with van der Waals surface area (Å²) in [6.45, 7) is 1.41. The van der Waals surface area contributed by atoms with Crippen LogP contribution in [0.4, 0.5) is 24.5 Å². The fraction of sp³-hybridized carbons (Fsp3) is 0.150. The molecule has 10 heteroatoms. The molecule has 0 saturated heterocycles. The topological polar surface area (TPSA) is 80.3 Å². The Morgan fingerprint density at radius 1 is 1.00 bits per heavy atom. The Morgan fingerprint density at radius 2 is 1.60 bits per heavy atom. The fourth-order valence-electron chi connectivity index (χ4n) is 2.53. The molecular weight excluding hydrogens is 419 g/mol. The van der Waals surface area contributed by atoms with Crippen molar-refractivity contribution in [2.45, 2.75) is 19.7 Å². The van der Waals surface area contributed by atoms with Crippen LogP contribution in [-0.2, 0) is 16.0 Å². The number of benzene rings is 2. The van der Waals surface area contributed by atoms with E-state index in [0.717, 1.165) is 0 Å². The molecule has 1 aromatic heterocycles. The number of alkyl halides is 3. The number of hydrogen-bond donors (Lipinski definition) is 2. The second kappa shape index (κ2) is 8.95. The van der Waals surface area contributed by atoms with Gasteiger partial charge in [-0.25, -0.2) is 4.98 Å². The summed E-state index contributed by atoms with van der Waals surface area (Å²) in [7, 11) is 0. The van der Waals surface area contributed by atoms with E-state index in [1.165, 1.54) is 42.5 Å². The molecule has 2 N–H and O–H groups in total. The Morgan fingerprint density at radius 3 is 2.17 bits per heavy atom. The number of nitrogens with one attached hydrogen (secondary N) is 2. The Bertz CT molecular complexity index is 1030. The summed E-state index contributed by atoms with van der Waals surface area (Å²) in [5, 5.41) is 7.67. The first-order chi connectivity index (χ1) is 14.2. The largest absolute Gasteiger partial charge is 0.573 e. The van der Waals surface area contributed by atoms with E-state index in [4.69, 9.17) is 0 Å². The van der Waals surface area contributed by atoms with E-state index in [-0.39, 0.29) is 24.0 Å². The maximum absolute atomic E-state index is 12.2. The molecule has 3 rings (SSSR count). The molecule has 0 atom stereocenters. The van der Waals surface area contributed by atoms with Gasteiger partial charge in [0.1, 0.15) is 10.8 Å². The van der Waals surface area contributed by atoms with E-state index in [1.54, 1.807) is 29.6 Å². The molecule has 0 aliphatic carbocycles. The average Bonchev–Trinajstić information content (AvgIpc) is 3.10. The standard InChI is InChI=1S/C20H16F3N3O3S/c1-12(27)24-14-4-6-15(7-5-14)25-18(28)10-16-11-30-19(26-16)13-2-8-17(9-3-13)29-20(21,22)23/h2-9,11H,10H2,1H3,(H,24,27)(H,25,28). The SMILES string of the molecule is CC(=O)Nc1ccc(NC(=O)Cc2csc(-c3ccc(OC(F)(F)F)cc3)n2)cc1. The Kier molecular flexibility index (Phi) is 6.36. The summed E-state index contributed by atoms with van der Waals surface area (Å²) in [6, 6.07) is 12.0. The van der Waals surface area contributed by atoms with Crippen molar-refractivity contribution in [3.63, 3.8) is 0 Å². The summed E-state index contributed by atoms with van der Waals surface area (Å²) >= 11 is 1.28. The van der Waals surface area contributed by atoms with Crippen LogP contribution in [0.25, 0.3) is 10.6 Å². The number of ether oxygens (including phenoxy) is 1. The molecule has 0 aliphatic heterocycles. The minimum absolute atomic E-state index is 0.0409. The highest BCUT2D eigenvalue weighted by Gasteiger charge is 2.31. The van der Waals surface area contributed by atoms with E-state index in [0.29, 0.717) is 27.6 Å². The molecule has 6 nitrogen and oxygen atoms in total. The van der Waals surface area contributed by atoms with Gasteiger partial charge >= 0.3 is 6.36 Å². The van der Waals surface area contributed by atoms with Gasteiger partial charge < -0.3 is 15.4 Å². The van der Waals surface area contributed by atoms with Gasteiger partial charge in [-0.3, -0.25) is 9.59 Å². The molecule has 0 aliphatic rings. The van der Waals surface area contributed by atoms with E-state index in [2.05, 4.69) is 20.4 Å². The lowest BCUT2D eigenvalue weighted by molar-refractivity contribution is -0.274. The summed E-state index contributed by atoms with van der Waals surface area (Å²) in [5.41, 5.74) is 2.36. The Balaban J connectivity index is 1.58. The number of anilines is 2. The number of carbonyl (C=O) groups excluding carboxylic acids is 2. The molecule has 156 valence electrons. The quantitative estimate of drug-likeness (QED) is 0.580. The third-order valence-electron chi connectivity index (χ3n) is 3.72. The summed E-state index contributed by atoms with van der Waals surface area (Å²) < 4.78 is 40.5. The minimum atomic E-state index is -4.74. The molecule has 0 bridgehead atoms. The molecule has 2 aromatic carbocycles. The third-order valence-corrected chi connectivity index (χ3v) is 4.66. The van der Waals surface area contributed by atoms with Crippen LogP contribution in [-0.4, -0.2) is 23.2 Å². The van der Waals surface area contributed by atoms with Gasteiger partial charge in [-0.05, 0) is 48.5 Å². The molecule has 2 amide bonds. The lowest BCUT2D eigenvalue weighted by Crippen LogP contribution is -2.16. The zero-order valence-electron chi connectivity index (χ0n) is 15.6. The number of thiazole rings is 1. The molecular formula is C20H16F3N3O3S. The Hall–Kier alpha value is -3.40. The normalized spacial score (nSPS) is 11.1. The highest BCUT2D eigenvalue weighted by atomic mass is 32.1. The van der Waals surface area contributed by atoms with Crippen LogP contribution >= 0.6 is 11.3 Å². The van der Waals surface area contributed by atoms with E-state index in [1.807, 2.05) is 0 Å². The Labute approximate surface area is 173 Å². The van der Waals surface area contributed by atoms with Crippen LogP contribution in [0.5, 0.6) is 5.75 Å². The molecule has 30 heavy (non-hydrogen) atoms. The van der Waals surface area contributed by atoms with Crippen LogP contribution in [0, 0.1) is 0 Å². The van der Waals surface area contributed by atoms with Crippen molar-refractivity contribution < 1.29 is 27.5 Å². The van der Waals surface area contributed by atoms with Gasteiger partial charge in [-0.15, -0.1) is 24.5 Å². The van der Waals surface area contributed by atoms with Crippen molar-refractivity contribution in [3.05, 3.63) is 59.6 Å². The second-order valence-corrected chi connectivity index (χ2v) is 7.06. The van der Waals surface area contributed by atoms with Crippen molar-refractivity contribution in [1.82, 2.24) is 4.98 Å². The maximum Gasteiger partial charge on any atom is 0.573 e. The van der Waals surface area contributed by atoms with Crippen molar-refractivity contribution in [2.75, 3.05) is 10.6 Å². The lowest BCUT2D eigenvalue weighted by Gasteiger charge is -2.08. The lowest BCUT2D eigenvalue weighted by atomic mass is 10.2. The van der Waals surface area contributed by atoms with Crippen molar-refractivity contribution in [3.8, 4) is 16.3 Å². The summed E-state index contributed by atoms with van der Waals surface area (Å²) in [5.74, 6) is -0.770. The monoisotopic (exact) mass is 435 g/mol.